The fourth-order valence-electron chi connectivity index (χ4n) is 3.80. The van der Waals surface area contributed by atoms with Gasteiger partial charge in [0.2, 0.25) is 0 Å². The molecule has 0 bridgehead atoms. The van der Waals surface area contributed by atoms with Gasteiger partial charge in [-0.1, -0.05) is 63.2 Å². The number of aromatic amines is 1. The number of benzene rings is 3. The summed E-state index contributed by atoms with van der Waals surface area (Å²) in [5.41, 5.74) is 4.07. The van der Waals surface area contributed by atoms with Crippen molar-refractivity contribution in [3.63, 3.8) is 0 Å². The van der Waals surface area contributed by atoms with Crippen LogP contribution >= 0.6 is 11.3 Å². The molecule has 5 rings (SSSR count). The predicted molar refractivity (Wildman–Crippen MR) is 107 cm³/mol. The molecule has 1 N–H and O–H groups in total. The third kappa shape index (κ3) is 1.81. The number of para-hydroxylation sites is 1. The van der Waals surface area contributed by atoms with Crippen LogP contribution < -0.4 is 0 Å². The second-order valence-electron chi connectivity index (χ2n) is 7.57. The van der Waals surface area contributed by atoms with Gasteiger partial charge in [0.05, 0.1) is 5.52 Å². The topological polar surface area (TPSA) is 15.8 Å². The van der Waals surface area contributed by atoms with Crippen molar-refractivity contribution >= 4 is 53.3 Å². The molecule has 0 amide bonds. The van der Waals surface area contributed by atoms with E-state index in [1.807, 2.05) is 11.3 Å². The summed E-state index contributed by atoms with van der Waals surface area (Å²) in [6.45, 7) is 6.89. The molecule has 0 saturated carbocycles. The first-order chi connectivity index (χ1) is 11.5. The number of H-pyrrole nitrogens is 1. The molecule has 3 aromatic carbocycles. The fourth-order valence-corrected chi connectivity index (χ4v) is 5.23. The Bertz CT molecular complexity index is 1230. The summed E-state index contributed by atoms with van der Waals surface area (Å²) >= 11 is 1.92. The van der Waals surface area contributed by atoms with Gasteiger partial charge < -0.3 is 4.98 Å². The van der Waals surface area contributed by atoms with E-state index in [4.69, 9.17) is 0 Å². The van der Waals surface area contributed by atoms with Crippen molar-refractivity contribution < 1.29 is 0 Å². The van der Waals surface area contributed by atoms with E-state index in [1.165, 1.54) is 47.5 Å². The minimum atomic E-state index is 0.153. The second kappa shape index (κ2) is 4.61. The smallest absolute Gasteiger partial charge is 0.0559 e. The Labute approximate surface area is 144 Å². The van der Waals surface area contributed by atoms with Crippen LogP contribution in [0, 0.1) is 0 Å². The first kappa shape index (κ1) is 14.1. The average Bonchev–Trinajstić information content (AvgIpc) is 3.11. The van der Waals surface area contributed by atoms with Gasteiger partial charge in [0.15, 0.2) is 0 Å². The van der Waals surface area contributed by atoms with Crippen LogP contribution in [0.5, 0.6) is 0 Å². The Morgan fingerprint density at radius 1 is 0.792 bits per heavy atom. The van der Waals surface area contributed by atoms with E-state index >= 15 is 0 Å². The predicted octanol–water partition coefficient (Wildman–Crippen LogP) is 6.99. The largest absolute Gasteiger partial charge is 0.354 e. The summed E-state index contributed by atoms with van der Waals surface area (Å²) in [6, 6.07) is 19.9. The molecule has 2 heterocycles. The van der Waals surface area contributed by atoms with E-state index in [9.17, 15) is 0 Å². The molecular formula is C22H19NS. The lowest BCUT2D eigenvalue weighted by molar-refractivity contribution is 0.597. The van der Waals surface area contributed by atoms with Crippen molar-refractivity contribution in [2.24, 2.45) is 0 Å². The number of rotatable bonds is 0. The Morgan fingerprint density at radius 2 is 1.58 bits per heavy atom. The standard InChI is InChI=1S/C22H19NS/c1-22(2,3)16-9-6-8-15-19-18(24-21(15)16)12-11-14-13-7-4-5-10-17(13)23-20(14)19/h4-12,23H,1-3H3. The van der Waals surface area contributed by atoms with Gasteiger partial charge in [-0.25, -0.2) is 0 Å². The summed E-state index contributed by atoms with van der Waals surface area (Å²) in [7, 11) is 0. The highest BCUT2D eigenvalue weighted by Gasteiger charge is 2.20. The van der Waals surface area contributed by atoms with E-state index in [-0.39, 0.29) is 5.41 Å². The van der Waals surface area contributed by atoms with E-state index in [0.29, 0.717) is 0 Å². The zero-order chi connectivity index (χ0) is 16.5. The van der Waals surface area contributed by atoms with Gasteiger partial charge in [-0.2, -0.15) is 0 Å². The van der Waals surface area contributed by atoms with E-state index < -0.39 is 0 Å². The molecule has 0 aliphatic rings. The maximum atomic E-state index is 3.66. The third-order valence-corrected chi connectivity index (χ3v) is 6.15. The van der Waals surface area contributed by atoms with Crippen LogP contribution in [-0.2, 0) is 5.41 Å². The Morgan fingerprint density at radius 3 is 2.42 bits per heavy atom. The maximum absolute atomic E-state index is 3.66. The molecule has 0 spiro atoms. The van der Waals surface area contributed by atoms with Gasteiger partial charge in [-0.3, -0.25) is 0 Å². The van der Waals surface area contributed by atoms with Gasteiger partial charge >= 0.3 is 0 Å². The minimum Gasteiger partial charge on any atom is -0.354 e. The highest BCUT2D eigenvalue weighted by atomic mass is 32.1. The molecule has 1 nitrogen and oxygen atoms in total. The maximum Gasteiger partial charge on any atom is 0.0559 e. The number of thiophene rings is 1. The van der Waals surface area contributed by atoms with Crippen molar-refractivity contribution in [1.29, 1.82) is 0 Å². The van der Waals surface area contributed by atoms with Crippen molar-refractivity contribution in [2.75, 3.05) is 0 Å². The first-order valence-corrected chi connectivity index (χ1v) is 9.21. The van der Waals surface area contributed by atoms with E-state index in [2.05, 4.69) is 80.4 Å². The van der Waals surface area contributed by atoms with E-state index in [0.717, 1.165) is 0 Å². The number of aromatic nitrogens is 1. The Kier molecular flexibility index (Phi) is 2.70. The Balaban J connectivity index is 2.02. The van der Waals surface area contributed by atoms with Crippen LogP contribution in [0.2, 0.25) is 0 Å². The number of hydrogen-bond acceptors (Lipinski definition) is 1. The number of hydrogen-bond donors (Lipinski definition) is 1. The zero-order valence-corrected chi connectivity index (χ0v) is 14.9. The fraction of sp³-hybridized carbons (Fsp3) is 0.182. The molecule has 0 aliphatic carbocycles. The molecule has 0 fully saturated rings. The SMILES string of the molecule is CC(C)(C)c1cccc2c1sc1ccc3c4ccccc4[nH]c3c12. The molecule has 24 heavy (non-hydrogen) atoms. The molecular weight excluding hydrogens is 310 g/mol. The van der Waals surface area contributed by atoms with Crippen LogP contribution in [0.25, 0.3) is 42.0 Å². The van der Waals surface area contributed by atoms with Crippen LogP contribution in [0.3, 0.4) is 0 Å². The molecule has 2 heteroatoms. The molecule has 0 unspecified atom stereocenters. The summed E-state index contributed by atoms with van der Waals surface area (Å²) in [4.78, 5) is 3.66. The molecule has 2 aromatic heterocycles. The van der Waals surface area contributed by atoms with Gasteiger partial charge in [-0.15, -0.1) is 11.3 Å². The normalized spacial score (nSPS) is 12.8. The van der Waals surface area contributed by atoms with Crippen molar-refractivity contribution in [2.45, 2.75) is 26.2 Å². The lowest BCUT2D eigenvalue weighted by Gasteiger charge is -2.19. The van der Waals surface area contributed by atoms with E-state index in [1.54, 1.807) is 0 Å². The zero-order valence-electron chi connectivity index (χ0n) is 14.1. The van der Waals surface area contributed by atoms with Gasteiger partial charge in [0, 0.05) is 36.5 Å². The number of nitrogens with one attached hydrogen (secondary N) is 1. The van der Waals surface area contributed by atoms with Crippen molar-refractivity contribution in [3.05, 3.63) is 60.2 Å². The summed E-state index contributed by atoms with van der Waals surface area (Å²) in [5, 5.41) is 5.37. The molecule has 0 atom stereocenters. The second-order valence-corrected chi connectivity index (χ2v) is 8.62. The van der Waals surface area contributed by atoms with Gasteiger partial charge in [-0.05, 0) is 23.1 Å². The molecule has 0 radical (unpaired) electrons. The minimum absolute atomic E-state index is 0.153. The summed E-state index contributed by atoms with van der Waals surface area (Å²) < 4.78 is 2.78. The van der Waals surface area contributed by atoms with Crippen molar-refractivity contribution in [1.82, 2.24) is 4.98 Å². The summed E-state index contributed by atoms with van der Waals surface area (Å²) in [5.74, 6) is 0. The lowest BCUT2D eigenvalue weighted by Crippen LogP contribution is -2.10. The number of fused-ring (bicyclic) bond motifs is 7. The van der Waals surface area contributed by atoms with Crippen LogP contribution in [-0.4, -0.2) is 4.98 Å². The average molecular weight is 329 g/mol. The summed E-state index contributed by atoms with van der Waals surface area (Å²) in [6.07, 6.45) is 0. The molecule has 118 valence electrons. The molecule has 5 aromatic rings. The van der Waals surface area contributed by atoms with Crippen LogP contribution in [0.4, 0.5) is 0 Å². The Hall–Kier alpha value is -2.32. The third-order valence-electron chi connectivity index (χ3n) is 4.95. The van der Waals surface area contributed by atoms with Crippen LogP contribution in [0.15, 0.2) is 54.6 Å². The first-order valence-electron chi connectivity index (χ1n) is 8.39. The monoisotopic (exact) mass is 329 g/mol. The van der Waals surface area contributed by atoms with Gasteiger partial charge in [0.1, 0.15) is 0 Å². The quantitative estimate of drug-likeness (QED) is 0.315. The lowest BCUT2D eigenvalue weighted by atomic mass is 9.86. The van der Waals surface area contributed by atoms with Gasteiger partial charge in [0.25, 0.3) is 0 Å². The molecule has 0 saturated heterocycles. The van der Waals surface area contributed by atoms with Crippen LogP contribution in [0.1, 0.15) is 26.3 Å². The highest BCUT2D eigenvalue weighted by molar-refractivity contribution is 7.26. The van der Waals surface area contributed by atoms with Crippen molar-refractivity contribution in [3.8, 4) is 0 Å². The molecule has 0 aliphatic heterocycles. The highest BCUT2D eigenvalue weighted by Crippen LogP contribution is 2.43.